The number of sulfonamides is 1. The Morgan fingerprint density at radius 3 is 2.45 bits per heavy atom. The predicted molar refractivity (Wildman–Crippen MR) is 73.3 cm³/mol. The number of ether oxygens (including phenoxy) is 1. The Labute approximate surface area is 121 Å². The maximum Gasteiger partial charge on any atom is 0.264 e. The highest BCUT2D eigenvalue weighted by Crippen LogP contribution is 2.22. The molecule has 0 saturated carbocycles. The summed E-state index contributed by atoms with van der Waals surface area (Å²) in [5, 5.41) is 0. The minimum Gasteiger partial charge on any atom is -0.381 e. The van der Waals surface area contributed by atoms with Crippen LogP contribution < -0.4 is 4.72 Å². The van der Waals surface area contributed by atoms with Crippen molar-refractivity contribution < 1.29 is 26.0 Å². The number of nitrogens with one attached hydrogen (secondary N) is 1. The average molecular weight is 346 g/mol. The van der Waals surface area contributed by atoms with E-state index in [1.165, 1.54) is 0 Å². The molecule has 114 valence electrons. The zero-order valence-electron chi connectivity index (χ0n) is 10.5. The zero-order chi connectivity index (χ0) is 15.4. The lowest BCUT2D eigenvalue weighted by Crippen LogP contribution is -2.20. The summed E-state index contributed by atoms with van der Waals surface area (Å²) in [4.78, 5) is -0.712. The first kappa shape index (κ1) is 17.2. The fourth-order valence-corrected chi connectivity index (χ4v) is 3.13. The topological polar surface area (TPSA) is 89.5 Å². The molecule has 0 aliphatic rings. The van der Waals surface area contributed by atoms with Gasteiger partial charge in [0.15, 0.2) is 0 Å². The van der Waals surface area contributed by atoms with Crippen LogP contribution in [0.1, 0.15) is 6.92 Å². The summed E-state index contributed by atoms with van der Waals surface area (Å²) in [5.74, 6) is -1.43. The molecule has 1 aromatic rings. The predicted octanol–water partition coefficient (Wildman–Crippen LogP) is 1.53. The van der Waals surface area contributed by atoms with Gasteiger partial charge < -0.3 is 4.74 Å². The van der Waals surface area contributed by atoms with E-state index in [-0.39, 0.29) is 18.0 Å². The minimum atomic E-state index is -4.21. The van der Waals surface area contributed by atoms with Crippen LogP contribution in [0.15, 0.2) is 23.1 Å². The lowest BCUT2D eigenvalue weighted by molar-refractivity contribution is 0.163. The molecular formula is C10H13ClFNO5S2. The van der Waals surface area contributed by atoms with Crippen LogP contribution in [0.5, 0.6) is 0 Å². The van der Waals surface area contributed by atoms with Gasteiger partial charge in [0.2, 0.25) is 10.0 Å². The minimum absolute atomic E-state index is 0.00244. The van der Waals surface area contributed by atoms with Crippen molar-refractivity contribution in [2.24, 2.45) is 0 Å². The molecule has 1 rings (SSSR count). The molecule has 0 fully saturated rings. The second kappa shape index (κ2) is 6.70. The molecule has 6 nitrogen and oxygen atoms in total. The van der Waals surface area contributed by atoms with E-state index in [1.807, 2.05) is 0 Å². The number of hydrogen-bond donors (Lipinski definition) is 1. The van der Waals surface area contributed by atoms with Crippen molar-refractivity contribution >= 4 is 35.4 Å². The maximum absolute atomic E-state index is 13.5. The van der Waals surface area contributed by atoms with Gasteiger partial charge in [-0.25, -0.2) is 21.2 Å². The van der Waals surface area contributed by atoms with Crippen LogP contribution in [0.3, 0.4) is 0 Å². The number of hydrogen-bond acceptors (Lipinski definition) is 5. The number of anilines is 1. The third-order valence-corrected chi connectivity index (χ3v) is 4.77. The molecule has 0 unspecified atom stereocenters. The van der Waals surface area contributed by atoms with Gasteiger partial charge in [0.25, 0.3) is 9.05 Å². The van der Waals surface area contributed by atoms with Gasteiger partial charge in [0.1, 0.15) is 10.7 Å². The van der Waals surface area contributed by atoms with Crippen molar-refractivity contribution in [2.75, 3.05) is 23.7 Å². The first-order valence-electron chi connectivity index (χ1n) is 5.48. The molecule has 1 aromatic carbocycles. The summed E-state index contributed by atoms with van der Waals surface area (Å²) in [5.41, 5.74) is -0.0944. The fourth-order valence-electron chi connectivity index (χ4n) is 1.31. The standard InChI is InChI=1S/C10H13ClFNO5S2/c1-2-18-5-6-19(14,15)13-8-3-4-10(9(12)7-8)20(11,16)17/h3-4,7,13H,2,5-6H2,1H3. The van der Waals surface area contributed by atoms with Gasteiger partial charge in [0, 0.05) is 17.3 Å². The van der Waals surface area contributed by atoms with Gasteiger partial charge in [-0.3, -0.25) is 4.72 Å². The normalized spacial score (nSPS) is 12.3. The molecule has 0 radical (unpaired) electrons. The van der Waals surface area contributed by atoms with Crippen LogP contribution in [0.25, 0.3) is 0 Å². The van der Waals surface area contributed by atoms with Crippen molar-refractivity contribution in [2.45, 2.75) is 11.8 Å². The Morgan fingerprint density at radius 2 is 1.95 bits per heavy atom. The summed E-state index contributed by atoms with van der Waals surface area (Å²) < 4.78 is 65.7. The second-order valence-electron chi connectivity index (χ2n) is 3.70. The second-order valence-corrected chi connectivity index (χ2v) is 8.08. The van der Waals surface area contributed by atoms with Crippen LogP contribution in [0, 0.1) is 5.82 Å². The monoisotopic (exact) mass is 345 g/mol. The van der Waals surface area contributed by atoms with Crippen molar-refractivity contribution in [3.63, 3.8) is 0 Å². The van der Waals surface area contributed by atoms with E-state index < -0.39 is 29.8 Å². The highest BCUT2D eigenvalue weighted by molar-refractivity contribution is 8.13. The van der Waals surface area contributed by atoms with E-state index in [9.17, 15) is 21.2 Å². The number of halogens is 2. The van der Waals surface area contributed by atoms with E-state index in [2.05, 4.69) is 4.72 Å². The molecule has 1 N–H and O–H groups in total. The first-order chi connectivity index (χ1) is 9.15. The van der Waals surface area contributed by atoms with Crippen LogP contribution in [0.2, 0.25) is 0 Å². The molecule has 10 heteroatoms. The van der Waals surface area contributed by atoms with Crippen LogP contribution >= 0.6 is 10.7 Å². The van der Waals surface area contributed by atoms with Gasteiger partial charge in [-0.1, -0.05) is 0 Å². The molecular weight excluding hydrogens is 333 g/mol. The van der Waals surface area contributed by atoms with E-state index in [0.29, 0.717) is 6.61 Å². The highest BCUT2D eigenvalue weighted by atomic mass is 35.7. The largest absolute Gasteiger partial charge is 0.381 e. The fraction of sp³-hybridized carbons (Fsp3) is 0.400. The highest BCUT2D eigenvalue weighted by Gasteiger charge is 2.18. The SMILES string of the molecule is CCOCCS(=O)(=O)Nc1ccc(S(=O)(=O)Cl)c(F)c1. The van der Waals surface area contributed by atoms with Gasteiger partial charge in [-0.2, -0.15) is 0 Å². The molecule has 0 bridgehead atoms. The van der Waals surface area contributed by atoms with E-state index in [0.717, 1.165) is 18.2 Å². The Morgan fingerprint density at radius 1 is 1.30 bits per heavy atom. The molecule has 0 atom stereocenters. The van der Waals surface area contributed by atoms with Gasteiger partial charge in [-0.15, -0.1) is 0 Å². The average Bonchev–Trinajstić information content (AvgIpc) is 2.26. The van der Waals surface area contributed by atoms with E-state index >= 15 is 0 Å². The van der Waals surface area contributed by atoms with Gasteiger partial charge >= 0.3 is 0 Å². The van der Waals surface area contributed by atoms with Crippen LogP contribution in [-0.4, -0.2) is 35.8 Å². The van der Waals surface area contributed by atoms with Crippen molar-refractivity contribution in [3.8, 4) is 0 Å². The van der Waals surface area contributed by atoms with E-state index in [4.69, 9.17) is 15.4 Å². The smallest absolute Gasteiger partial charge is 0.264 e. The van der Waals surface area contributed by atoms with Crippen LogP contribution in [0.4, 0.5) is 10.1 Å². The Balaban J connectivity index is 2.87. The van der Waals surface area contributed by atoms with Gasteiger partial charge in [0.05, 0.1) is 18.0 Å². The molecule has 0 amide bonds. The molecule has 0 aliphatic carbocycles. The summed E-state index contributed by atoms with van der Waals surface area (Å²) >= 11 is 0. The maximum atomic E-state index is 13.5. The van der Waals surface area contributed by atoms with Gasteiger partial charge in [-0.05, 0) is 25.1 Å². The zero-order valence-corrected chi connectivity index (χ0v) is 12.9. The number of benzene rings is 1. The summed E-state index contributed by atoms with van der Waals surface area (Å²) in [6, 6.07) is 2.74. The van der Waals surface area contributed by atoms with E-state index in [1.54, 1.807) is 6.92 Å². The summed E-state index contributed by atoms with van der Waals surface area (Å²) in [6.45, 7) is 2.11. The summed E-state index contributed by atoms with van der Waals surface area (Å²) in [6.07, 6.45) is 0. The van der Waals surface area contributed by atoms with Crippen LogP contribution in [-0.2, 0) is 23.8 Å². The molecule has 0 heterocycles. The third-order valence-electron chi connectivity index (χ3n) is 2.17. The number of rotatable bonds is 7. The quantitative estimate of drug-likeness (QED) is 0.598. The molecule has 0 aromatic heterocycles. The molecule has 0 saturated heterocycles. The Bertz CT molecular complexity index is 675. The molecule has 0 aliphatic heterocycles. The first-order valence-corrected chi connectivity index (χ1v) is 9.44. The third kappa shape index (κ3) is 5.23. The molecule has 0 spiro atoms. The van der Waals surface area contributed by atoms with Crippen molar-refractivity contribution in [1.82, 2.24) is 0 Å². The summed E-state index contributed by atoms with van der Waals surface area (Å²) in [7, 11) is -2.90. The lowest BCUT2D eigenvalue weighted by Gasteiger charge is -2.09. The Hall–Kier alpha value is -0.900. The van der Waals surface area contributed by atoms with Crippen molar-refractivity contribution in [3.05, 3.63) is 24.0 Å². The van der Waals surface area contributed by atoms with Crippen molar-refractivity contribution in [1.29, 1.82) is 0 Å². The Kier molecular flexibility index (Phi) is 5.75. The molecule has 20 heavy (non-hydrogen) atoms. The lowest BCUT2D eigenvalue weighted by atomic mass is 10.3.